The molecule has 2 aromatic heterocycles. The summed E-state index contributed by atoms with van der Waals surface area (Å²) in [7, 11) is -2.10. The predicted molar refractivity (Wildman–Crippen MR) is 118 cm³/mol. The Hall–Kier alpha value is -2.82. The number of fused-ring (bicyclic) bond motifs is 1. The second-order valence-electron chi connectivity index (χ2n) is 7.03. The Bertz CT molecular complexity index is 1350. The summed E-state index contributed by atoms with van der Waals surface area (Å²) in [5.41, 5.74) is 2.18. The van der Waals surface area contributed by atoms with Crippen LogP contribution in [0.1, 0.15) is 16.1 Å². The average molecular weight is 461 g/mol. The monoisotopic (exact) mass is 460 g/mol. The number of thiazole rings is 1. The lowest BCUT2D eigenvalue weighted by Gasteiger charge is -2.09. The van der Waals surface area contributed by atoms with E-state index in [1.807, 2.05) is 31.2 Å². The molecular formula is C21H21FN4O3S2. The summed E-state index contributed by atoms with van der Waals surface area (Å²) in [6.45, 7) is 3.72. The molecule has 0 amide bonds. The van der Waals surface area contributed by atoms with Gasteiger partial charge in [0.15, 0.2) is 5.82 Å². The smallest absolute Gasteiger partial charge is 0.240 e. The highest BCUT2D eigenvalue weighted by Crippen LogP contribution is 2.26. The summed E-state index contributed by atoms with van der Waals surface area (Å²) in [5.74, 6) is 0.924. The van der Waals surface area contributed by atoms with Gasteiger partial charge in [-0.2, -0.15) is 4.98 Å². The summed E-state index contributed by atoms with van der Waals surface area (Å²) >= 11 is 1.48. The summed E-state index contributed by atoms with van der Waals surface area (Å²) in [6.07, 6.45) is 0.499. The minimum absolute atomic E-state index is 0.0809. The first kappa shape index (κ1) is 21.4. The molecular weight excluding hydrogens is 439 g/mol. The molecule has 2 heterocycles. The third kappa shape index (κ3) is 4.32. The number of halogens is 1. The highest BCUT2D eigenvalue weighted by molar-refractivity contribution is 7.89. The molecule has 2 aromatic carbocycles. The molecule has 0 radical (unpaired) electrons. The number of rotatable bonds is 7. The topological polar surface area (TPSA) is 85.6 Å². The number of sulfonamides is 1. The molecule has 31 heavy (non-hydrogen) atoms. The van der Waals surface area contributed by atoms with E-state index in [4.69, 9.17) is 4.74 Å². The number of aryl methyl sites for hydroxylation is 2. The van der Waals surface area contributed by atoms with Gasteiger partial charge in [0.1, 0.15) is 11.6 Å². The van der Waals surface area contributed by atoms with E-state index in [1.54, 1.807) is 18.5 Å². The minimum Gasteiger partial charge on any atom is -0.497 e. The van der Waals surface area contributed by atoms with Gasteiger partial charge in [0.25, 0.3) is 0 Å². The first-order valence-electron chi connectivity index (χ1n) is 9.54. The molecule has 4 aromatic rings. The normalized spacial score (nSPS) is 11.9. The maximum atomic E-state index is 13.3. The van der Waals surface area contributed by atoms with Crippen molar-refractivity contribution < 1.29 is 17.5 Å². The Morgan fingerprint density at radius 2 is 1.90 bits per heavy atom. The molecule has 162 valence electrons. The van der Waals surface area contributed by atoms with Crippen LogP contribution < -0.4 is 9.46 Å². The Balaban J connectivity index is 1.47. The van der Waals surface area contributed by atoms with Crippen molar-refractivity contribution in [3.8, 4) is 17.1 Å². The molecule has 10 heteroatoms. The summed E-state index contributed by atoms with van der Waals surface area (Å²) < 4.78 is 47.9. The molecule has 0 aliphatic rings. The molecule has 0 aliphatic carbocycles. The van der Waals surface area contributed by atoms with E-state index in [9.17, 15) is 12.8 Å². The fourth-order valence-corrected chi connectivity index (χ4v) is 5.58. The van der Waals surface area contributed by atoms with Crippen LogP contribution in [0.5, 0.6) is 5.75 Å². The van der Waals surface area contributed by atoms with Crippen molar-refractivity contribution in [3.63, 3.8) is 0 Å². The average Bonchev–Trinajstić information content (AvgIpc) is 3.27. The van der Waals surface area contributed by atoms with Crippen molar-refractivity contribution in [2.24, 2.45) is 0 Å². The van der Waals surface area contributed by atoms with E-state index in [0.29, 0.717) is 17.8 Å². The molecule has 7 nitrogen and oxygen atoms in total. The molecule has 0 aliphatic heterocycles. The van der Waals surface area contributed by atoms with E-state index < -0.39 is 15.8 Å². The van der Waals surface area contributed by atoms with E-state index >= 15 is 0 Å². The van der Waals surface area contributed by atoms with Gasteiger partial charge in [-0.15, -0.1) is 5.10 Å². The molecule has 1 N–H and O–H groups in total. The van der Waals surface area contributed by atoms with Gasteiger partial charge in [0.2, 0.25) is 15.0 Å². The molecule has 0 spiro atoms. The third-order valence-corrected chi connectivity index (χ3v) is 7.75. The van der Waals surface area contributed by atoms with Gasteiger partial charge in [0.05, 0.1) is 17.7 Å². The Morgan fingerprint density at radius 1 is 1.16 bits per heavy atom. The van der Waals surface area contributed by atoms with Crippen molar-refractivity contribution in [1.29, 1.82) is 0 Å². The zero-order valence-electron chi connectivity index (χ0n) is 17.2. The summed E-state index contributed by atoms with van der Waals surface area (Å²) in [4.78, 5) is 6.42. The molecule has 0 unspecified atom stereocenters. The lowest BCUT2D eigenvalue weighted by molar-refractivity contribution is 0.415. The van der Waals surface area contributed by atoms with Crippen LogP contribution in [-0.4, -0.2) is 36.7 Å². The fraction of sp³-hybridized carbons (Fsp3) is 0.238. The van der Waals surface area contributed by atoms with Crippen molar-refractivity contribution >= 4 is 26.3 Å². The van der Waals surface area contributed by atoms with Crippen LogP contribution in [0.4, 0.5) is 4.39 Å². The quantitative estimate of drug-likeness (QED) is 0.454. The molecule has 0 atom stereocenters. The molecule has 0 fully saturated rings. The summed E-state index contributed by atoms with van der Waals surface area (Å²) in [6, 6.07) is 11.2. The Kier molecular flexibility index (Phi) is 5.78. The SMILES string of the molecule is COc1ccc(-c2nc3sc(CCNS(=O)(=O)c4ccc(F)cc4C)c(C)n3n2)cc1. The van der Waals surface area contributed by atoms with E-state index in [2.05, 4.69) is 14.8 Å². The van der Waals surface area contributed by atoms with Crippen molar-refractivity contribution in [2.75, 3.05) is 13.7 Å². The van der Waals surface area contributed by atoms with Crippen molar-refractivity contribution in [1.82, 2.24) is 19.3 Å². The second kappa shape index (κ2) is 8.37. The van der Waals surface area contributed by atoms with Gasteiger partial charge in [-0.1, -0.05) is 11.3 Å². The molecule has 4 rings (SSSR count). The number of benzene rings is 2. The predicted octanol–water partition coefficient (Wildman–Crippen LogP) is 3.74. The van der Waals surface area contributed by atoms with Gasteiger partial charge in [-0.05, 0) is 68.3 Å². The van der Waals surface area contributed by atoms with Crippen LogP contribution in [0.2, 0.25) is 0 Å². The van der Waals surface area contributed by atoms with Crippen LogP contribution in [0, 0.1) is 19.7 Å². The van der Waals surface area contributed by atoms with Gasteiger partial charge in [-0.3, -0.25) is 0 Å². The number of nitrogens with zero attached hydrogens (tertiary/aromatic N) is 3. The number of hydrogen-bond donors (Lipinski definition) is 1. The number of ether oxygens (including phenoxy) is 1. The molecule has 0 saturated heterocycles. The lowest BCUT2D eigenvalue weighted by Crippen LogP contribution is -2.26. The van der Waals surface area contributed by atoms with Crippen molar-refractivity contribution in [2.45, 2.75) is 25.2 Å². The standard InChI is InChI=1S/C21H21FN4O3S2/c1-13-12-16(22)6-9-19(13)31(27,28)23-11-10-18-14(2)26-21(30-18)24-20(25-26)15-4-7-17(29-3)8-5-15/h4-9,12,23H,10-11H2,1-3H3. The zero-order valence-corrected chi connectivity index (χ0v) is 18.8. The van der Waals surface area contributed by atoms with Crippen LogP contribution in [0.3, 0.4) is 0 Å². The lowest BCUT2D eigenvalue weighted by atomic mass is 10.2. The van der Waals surface area contributed by atoms with Crippen LogP contribution in [0.25, 0.3) is 16.3 Å². The zero-order chi connectivity index (χ0) is 22.2. The molecule has 0 saturated carbocycles. The Labute approximate surface area is 183 Å². The van der Waals surface area contributed by atoms with E-state index in [-0.39, 0.29) is 11.4 Å². The first-order chi connectivity index (χ1) is 14.8. The third-order valence-electron chi connectivity index (χ3n) is 4.93. The van der Waals surface area contributed by atoms with Crippen LogP contribution in [0.15, 0.2) is 47.4 Å². The van der Waals surface area contributed by atoms with E-state index in [1.165, 1.54) is 23.5 Å². The summed E-state index contributed by atoms with van der Waals surface area (Å²) in [5, 5.41) is 4.58. The van der Waals surface area contributed by atoms with Gasteiger partial charge >= 0.3 is 0 Å². The van der Waals surface area contributed by atoms with Gasteiger partial charge in [-0.25, -0.2) is 22.0 Å². The fourth-order valence-electron chi connectivity index (χ4n) is 3.27. The molecule has 0 bridgehead atoms. The van der Waals surface area contributed by atoms with Gasteiger partial charge in [0, 0.05) is 17.0 Å². The maximum absolute atomic E-state index is 13.3. The van der Waals surface area contributed by atoms with E-state index in [0.717, 1.165) is 32.9 Å². The number of hydrogen-bond acceptors (Lipinski definition) is 6. The maximum Gasteiger partial charge on any atom is 0.240 e. The van der Waals surface area contributed by atoms with Crippen molar-refractivity contribution in [3.05, 3.63) is 64.4 Å². The first-order valence-corrected chi connectivity index (χ1v) is 11.8. The number of nitrogens with one attached hydrogen (secondary N) is 1. The Morgan fingerprint density at radius 3 is 2.55 bits per heavy atom. The largest absolute Gasteiger partial charge is 0.497 e. The van der Waals surface area contributed by atoms with Gasteiger partial charge < -0.3 is 4.74 Å². The van der Waals surface area contributed by atoms with Crippen LogP contribution in [-0.2, 0) is 16.4 Å². The number of aromatic nitrogens is 3. The van der Waals surface area contributed by atoms with Crippen LogP contribution >= 0.6 is 11.3 Å². The highest BCUT2D eigenvalue weighted by Gasteiger charge is 2.18. The highest BCUT2D eigenvalue weighted by atomic mass is 32.2. The second-order valence-corrected chi connectivity index (χ2v) is 9.82. The minimum atomic E-state index is -3.72. The number of methoxy groups -OCH3 is 1.